The second-order valence-corrected chi connectivity index (χ2v) is 5.76. The number of nitrogens with zero attached hydrogens (tertiary/aromatic N) is 4. The van der Waals surface area contributed by atoms with E-state index >= 15 is 0 Å². The molecule has 0 aliphatic rings. The van der Waals surface area contributed by atoms with E-state index in [1.807, 2.05) is 60.3 Å². The second-order valence-electron chi connectivity index (χ2n) is 5.35. The molecule has 5 heteroatoms. The monoisotopic (exact) mass is 320 g/mol. The van der Waals surface area contributed by atoms with Gasteiger partial charge >= 0.3 is 0 Å². The Labute approximate surface area is 138 Å². The van der Waals surface area contributed by atoms with Gasteiger partial charge in [-0.3, -0.25) is 4.98 Å². The first-order valence-electron chi connectivity index (χ1n) is 7.24. The van der Waals surface area contributed by atoms with E-state index < -0.39 is 0 Å². The van der Waals surface area contributed by atoms with Gasteiger partial charge in [-0.15, -0.1) is 0 Å². The summed E-state index contributed by atoms with van der Waals surface area (Å²) >= 11 is 6.08. The van der Waals surface area contributed by atoms with Crippen LogP contribution in [0.4, 0.5) is 0 Å². The highest BCUT2D eigenvalue weighted by atomic mass is 35.5. The van der Waals surface area contributed by atoms with Gasteiger partial charge in [-0.05, 0) is 42.8 Å². The fourth-order valence-electron chi connectivity index (χ4n) is 2.46. The minimum Gasteiger partial charge on any atom is -0.252 e. The largest absolute Gasteiger partial charge is 0.252 e. The first kappa shape index (κ1) is 13.9. The molecule has 0 unspecified atom stereocenters. The zero-order valence-electron chi connectivity index (χ0n) is 12.4. The van der Waals surface area contributed by atoms with Crippen LogP contribution in [-0.4, -0.2) is 19.7 Å². The standard InChI is InChI=1S/C18H13ClN4/c1-12-8-14(6-7-15(12)19)23-11-13(9-21-23)18-10-20-16-4-2-3-5-17(16)22-18/h2-11H,1H3. The molecule has 0 fully saturated rings. The molecule has 0 aliphatic carbocycles. The number of aromatic nitrogens is 4. The number of halogens is 1. The van der Waals surface area contributed by atoms with Gasteiger partial charge in [0.15, 0.2) is 0 Å². The van der Waals surface area contributed by atoms with Crippen LogP contribution >= 0.6 is 11.6 Å². The third-order valence-electron chi connectivity index (χ3n) is 3.73. The predicted molar refractivity (Wildman–Crippen MR) is 91.8 cm³/mol. The van der Waals surface area contributed by atoms with Gasteiger partial charge < -0.3 is 0 Å². The summed E-state index contributed by atoms with van der Waals surface area (Å²) in [5.41, 5.74) is 5.48. The van der Waals surface area contributed by atoms with Crippen LogP contribution in [0.15, 0.2) is 61.1 Å². The normalized spacial score (nSPS) is 11.0. The van der Waals surface area contributed by atoms with Crippen molar-refractivity contribution in [2.24, 2.45) is 0 Å². The summed E-state index contributed by atoms with van der Waals surface area (Å²) in [5, 5.41) is 5.17. The molecule has 0 saturated carbocycles. The first-order valence-corrected chi connectivity index (χ1v) is 7.62. The highest BCUT2D eigenvalue weighted by Gasteiger charge is 2.07. The summed E-state index contributed by atoms with van der Waals surface area (Å²) < 4.78 is 1.82. The molecule has 0 bridgehead atoms. The fourth-order valence-corrected chi connectivity index (χ4v) is 2.58. The van der Waals surface area contributed by atoms with Crippen LogP contribution in [0, 0.1) is 6.92 Å². The minimum atomic E-state index is 0.751. The van der Waals surface area contributed by atoms with Gasteiger partial charge in [0, 0.05) is 16.8 Å². The number of rotatable bonds is 2. The van der Waals surface area contributed by atoms with Crippen molar-refractivity contribution in [3.8, 4) is 16.9 Å². The van der Waals surface area contributed by atoms with E-state index in [2.05, 4.69) is 15.1 Å². The van der Waals surface area contributed by atoms with Crippen molar-refractivity contribution < 1.29 is 0 Å². The zero-order valence-corrected chi connectivity index (χ0v) is 13.2. The lowest BCUT2D eigenvalue weighted by molar-refractivity contribution is 0.879. The van der Waals surface area contributed by atoms with Crippen LogP contribution in [0.3, 0.4) is 0 Å². The third-order valence-corrected chi connectivity index (χ3v) is 4.16. The molecule has 0 aliphatic heterocycles. The lowest BCUT2D eigenvalue weighted by Crippen LogP contribution is -1.94. The number of para-hydroxylation sites is 2. The van der Waals surface area contributed by atoms with Crippen LogP contribution in [0.5, 0.6) is 0 Å². The molecule has 0 spiro atoms. The summed E-state index contributed by atoms with van der Waals surface area (Å²) in [6, 6.07) is 13.6. The molecule has 2 aromatic heterocycles. The van der Waals surface area contributed by atoms with Crippen LogP contribution in [-0.2, 0) is 0 Å². The lowest BCUT2D eigenvalue weighted by Gasteiger charge is -2.04. The summed E-state index contributed by atoms with van der Waals surface area (Å²) in [4.78, 5) is 9.10. The maximum Gasteiger partial charge on any atom is 0.0924 e. The Bertz CT molecular complexity index is 1010. The molecule has 2 heterocycles. The first-order chi connectivity index (χ1) is 11.2. The second kappa shape index (κ2) is 5.48. The Kier molecular flexibility index (Phi) is 3.32. The van der Waals surface area contributed by atoms with Gasteiger partial charge in [0.1, 0.15) is 0 Å². The minimum absolute atomic E-state index is 0.751. The maximum absolute atomic E-state index is 6.08. The van der Waals surface area contributed by atoms with Gasteiger partial charge in [0.25, 0.3) is 0 Å². The molecular weight excluding hydrogens is 308 g/mol. The van der Waals surface area contributed by atoms with E-state index in [4.69, 9.17) is 11.6 Å². The molecule has 0 atom stereocenters. The van der Waals surface area contributed by atoms with Crippen LogP contribution in [0.1, 0.15) is 5.56 Å². The SMILES string of the molecule is Cc1cc(-n2cc(-c3cnc4ccccc4n3)cn2)ccc1Cl. The Morgan fingerprint density at radius 3 is 2.65 bits per heavy atom. The molecule has 0 amide bonds. The number of benzene rings is 2. The quantitative estimate of drug-likeness (QED) is 0.548. The average molecular weight is 321 g/mol. The van der Waals surface area contributed by atoms with Gasteiger partial charge in [-0.1, -0.05) is 23.7 Å². The van der Waals surface area contributed by atoms with Crippen LogP contribution < -0.4 is 0 Å². The van der Waals surface area contributed by atoms with Crippen molar-refractivity contribution in [2.75, 3.05) is 0 Å². The summed E-state index contributed by atoms with van der Waals surface area (Å²) in [7, 11) is 0. The topological polar surface area (TPSA) is 43.6 Å². The average Bonchev–Trinajstić information content (AvgIpc) is 3.07. The predicted octanol–water partition coefficient (Wildman–Crippen LogP) is 4.44. The molecule has 0 saturated heterocycles. The Morgan fingerprint density at radius 1 is 1.00 bits per heavy atom. The number of aryl methyl sites for hydroxylation is 1. The number of hydrogen-bond acceptors (Lipinski definition) is 3. The lowest BCUT2D eigenvalue weighted by atomic mass is 10.2. The van der Waals surface area contributed by atoms with Crippen molar-refractivity contribution in [3.63, 3.8) is 0 Å². The molecule has 23 heavy (non-hydrogen) atoms. The summed E-state index contributed by atoms with van der Waals surface area (Å²) in [5.74, 6) is 0. The smallest absolute Gasteiger partial charge is 0.0924 e. The molecule has 112 valence electrons. The van der Waals surface area contributed by atoms with Crippen LogP contribution in [0.25, 0.3) is 28.0 Å². The molecular formula is C18H13ClN4. The third kappa shape index (κ3) is 2.58. The molecule has 4 nitrogen and oxygen atoms in total. The van der Waals surface area contributed by atoms with Crippen LogP contribution in [0.2, 0.25) is 5.02 Å². The summed E-state index contributed by atoms with van der Waals surface area (Å²) in [6.45, 7) is 1.98. The molecule has 2 aromatic carbocycles. The molecule has 0 N–H and O–H groups in total. The van der Waals surface area contributed by atoms with Crippen molar-refractivity contribution >= 4 is 22.6 Å². The van der Waals surface area contributed by atoms with E-state index in [-0.39, 0.29) is 0 Å². The van der Waals surface area contributed by atoms with Gasteiger partial charge in [0.2, 0.25) is 0 Å². The Balaban J connectivity index is 1.75. The molecule has 0 radical (unpaired) electrons. The maximum atomic E-state index is 6.08. The number of hydrogen-bond donors (Lipinski definition) is 0. The Hall–Kier alpha value is -2.72. The molecule has 4 aromatic rings. The molecule has 4 rings (SSSR count). The van der Waals surface area contributed by atoms with Crippen molar-refractivity contribution in [2.45, 2.75) is 6.92 Å². The zero-order chi connectivity index (χ0) is 15.8. The van der Waals surface area contributed by atoms with Crippen molar-refractivity contribution in [3.05, 3.63) is 71.6 Å². The summed E-state index contributed by atoms with van der Waals surface area (Å²) in [6.07, 6.45) is 5.51. The Morgan fingerprint density at radius 2 is 1.83 bits per heavy atom. The highest BCUT2D eigenvalue weighted by Crippen LogP contribution is 2.22. The van der Waals surface area contributed by atoms with Crippen molar-refractivity contribution in [1.29, 1.82) is 0 Å². The van der Waals surface area contributed by atoms with E-state index in [1.165, 1.54) is 0 Å². The van der Waals surface area contributed by atoms with E-state index in [0.29, 0.717) is 0 Å². The van der Waals surface area contributed by atoms with E-state index in [9.17, 15) is 0 Å². The van der Waals surface area contributed by atoms with Gasteiger partial charge in [-0.25, -0.2) is 9.67 Å². The highest BCUT2D eigenvalue weighted by molar-refractivity contribution is 6.31. The fraction of sp³-hybridized carbons (Fsp3) is 0.0556. The number of fused-ring (bicyclic) bond motifs is 1. The van der Waals surface area contributed by atoms with E-state index in [1.54, 1.807) is 12.4 Å². The van der Waals surface area contributed by atoms with Gasteiger partial charge in [0.05, 0.1) is 34.8 Å². The van der Waals surface area contributed by atoms with Crippen molar-refractivity contribution in [1.82, 2.24) is 19.7 Å². The van der Waals surface area contributed by atoms with Gasteiger partial charge in [-0.2, -0.15) is 5.10 Å². The van der Waals surface area contributed by atoms with E-state index in [0.717, 1.165) is 38.6 Å².